The van der Waals surface area contributed by atoms with Crippen LogP contribution >= 0.6 is 0 Å². The topological polar surface area (TPSA) is 80.4 Å². The molecule has 0 spiro atoms. The molecular formula is C23H28N4O3. The van der Waals surface area contributed by atoms with E-state index in [-0.39, 0.29) is 24.8 Å². The van der Waals surface area contributed by atoms with Crippen molar-refractivity contribution in [2.75, 3.05) is 25.5 Å². The van der Waals surface area contributed by atoms with E-state index in [0.717, 1.165) is 24.4 Å². The number of aromatic nitrogens is 2. The molecule has 0 radical (unpaired) electrons. The smallest absolute Gasteiger partial charge is 0.239 e. The van der Waals surface area contributed by atoms with E-state index >= 15 is 0 Å². The van der Waals surface area contributed by atoms with Crippen LogP contribution in [0.2, 0.25) is 0 Å². The van der Waals surface area contributed by atoms with Gasteiger partial charge < -0.3 is 14.4 Å². The van der Waals surface area contributed by atoms with Gasteiger partial charge in [0.15, 0.2) is 11.6 Å². The molecule has 1 amide bonds. The number of aryl methyl sites for hydroxylation is 3. The summed E-state index contributed by atoms with van der Waals surface area (Å²) in [5.41, 5.74) is 4.00. The first kappa shape index (κ1) is 21.5. The fourth-order valence-electron chi connectivity index (χ4n) is 3.55. The number of nitrogens with zero attached hydrogens (tertiary/aromatic N) is 3. The molecule has 7 nitrogen and oxygen atoms in total. The Morgan fingerprint density at radius 3 is 2.50 bits per heavy atom. The predicted octanol–water partition coefficient (Wildman–Crippen LogP) is 3.40. The highest BCUT2D eigenvalue weighted by molar-refractivity contribution is 5.99. The Kier molecular flexibility index (Phi) is 6.84. The molecule has 0 aliphatic carbocycles. The molecule has 0 atom stereocenters. The zero-order valence-corrected chi connectivity index (χ0v) is 17.9. The first-order valence-electron chi connectivity index (χ1n) is 9.99. The zero-order chi connectivity index (χ0) is 21.7. The summed E-state index contributed by atoms with van der Waals surface area (Å²) in [6.07, 6.45) is 0.909. The number of hydrogen-bond donors (Lipinski definition) is 1. The van der Waals surface area contributed by atoms with Crippen molar-refractivity contribution in [2.45, 2.75) is 33.7 Å². The van der Waals surface area contributed by atoms with E-state index in [1.165, 1.54) is 5.56 Å². The van der Waals surface area contributed by atoms with Gasteiger partial charge in [-0.15, -0.1) is 0 Å². The van der Waals surface area contributed by atoms with Crippen molar-refractivity contribution >= 4 is 17.5 Å². The van der Waals surface area contributed by atoms with Gasteiger partial charge in [0.1, 0.15) is 5.76 Å². The lowest BCUT2D eigenvalue weighted by Gasteiger charge is -2.15. The molecule has 0 aliphatic heterocycles. The minimum Gasteiger partial charge on any atom is -0.360 e. The van der Waals surface area contributed by atoms with E-state index in [4.69, 9.17) is 4.52 Å². The maximum absolute atomic E-state index is 12.8. The molecule has 0 saturated heterocycles. The molecule has 0 aliphatic rings. The van der Waals surface area contributed by atoms with Gasteiger partial charge in [-0.3, -0.25) is 14.5 Å². The molecule has 1 N–H and O–H groups in total. The number of carbonyl (C=O) groups is 2. The van der Waals surface area contributed by atoms with Crippen LogP contribution in [0.5, 0.6) is 0 Å². The lowest BCUT2D eigenvalue weighted by Crippen LogP contribution is -2.34. The van der Waals surface area contributed by atoms with E-state index in [2.05, 4.69) is 27.2 Å². The van der Waals surface area contributed by atoms with Crippen molar-refractivity contribution in [1.82, 2.24) is 14.6 Å². The second-order valence-electron chi connectivity index (χ2n) is 7.64. The molecule has 30 heavy (non-hydrogen) atoms. The van der Waals surface area contributed by atoms with Crippen molar-refractivity contribution in [2.24, 2.45) is 0 Å². The number of nitrogens with one attached hydrogen (secondary N) is 1. The van der Waals surface area contributed by atoms with Gasteiger partial charge in [-0.05, 0) is 45.9 Å². The lowest BCUT2D eigenvalue weighted by molar-refractivity contribution is -0.116. The third-order valence-corrected chi connectivity index (χ3v) is 5.06. The van der Waals surface area contributed by atoms with E-state index in [1.807, 2.05) is 38.1 Å². The summed E-state index contributed by atoms with van der Waals surface area (Å²) in [7, 11) is 1.75. The number of carbonyl (C=O) groups excluding carboxylic acids is 2. The van der Waals surface area contributed by atoms with E-state index < -0.39 is 0 Å². The quantitative estimate of drug-likeness (QED) is 0.549. The van der Waals surface area contributed by atoms with Crippen LogP contribution < -0.4 is 5.32 Å². The van der Waals surface area contributed by atoms with Crippen molar-refractivity contribution in [3.63, 3.8) is 0 Å². The Labute approximate surface area is 176 Å². The van der Waals surface area contributed by atoms with E-state index in [1.54, 1.807) is 24.9 Å². The van der Waals surface area contributed by atoms with Crippen molar-refractivity contribution < 1.29 is 14.1 Å². The van der Waals surface area contributed by atoms with Gasteiger partial charge in [0.25, 0.3) is 0 Å². The number of rotatable bonds is 9. The van der Waals surface area contributed by atoms with Gasteiger partial charge >= 0.3 is 0 Å². The summed E-state index contributed by atoms with van der Waals surface area (Å²) in [5.74, 6) is 0.754. The summed E-state index contributed by atoms with van der Waals surface area (Å²) in [4.78, 5) is 26.7. The Morgan fingerprint density at radius 2 is 1.83 bits per heavy atom. The normalized spacial score (nSPS) is 11.1. The molecular weight excluding hydrogens is 380 g/mol. The highest BCUT2D eigenvalue weighted by Crippen LogP contribution is 2.17. The van der Waals surface area contributed by atoms with Crippen LogP contribution in [0.3, 0.4) is 0 Å². The first-order chi connectivity index (χ1) is 14.3. The van der Waals surface area contributed by atoms with Gasteiger partial charge in [-0.1, -0.05) is 35.5 Å². The van der Waals surface area contributed by atoms with Gasteiger partial charge in [-0.25, -0.2) is 0 Å². The summed E-state index contributed by atoms with van der Waals surface area (Å²) in [5, 5.41) is 6.40. The average Bonchev–Trinajstić information content (AvgIpc) is 3.23. The van der Waals surface area contributed by atoms with E-state index in [9.17, 15) is 9.59 Å². The number of benzene rings is 1. The van der Waals surface area contributed by atoms with Crippen molar-refractivity contribution in [1.29, 1.82) is 0 Å². The summed E-state index contributed by atoms with van der Waals surface area (Å²) < 4.78 is 7.11. The Balaban J connectivity index is 1.57. The van der Waals surface area contributed by atoms with Crippen LogP contribution in [0, 0.1) is 20.8 Å². The van der Waals surface area contributed by atoms with Crippen molar-refractivity contribution in [3.8, 4) is 0 Å². The molecule has 3 rings (SSSR count). The number of likely N-dealkylation sites (N-methyl/N-ethyl adjacent to an activating group) is 1. The third kappa shape index (κ3) is 5.45. The summed E-state index contributed by atoms with van der Waals surface area (Å²) in [6.45, 7) is 6.82. The fourth-order valence-corrected chi connectivity index (χ4v) is 3.55. The van der Waals surface area contributed by atoms with Crippen LogP contribution in [0.4, 0.5) is 5.82 Å². The maximum Gasteiger partial charge on any atom is 0.239 e. The Hall–Kier alpha value is -3.19. The lowest BCUT2D eigenvalue weighted by atomic mass is 10.1. The van der Waals surface area contributed by atoms with Crippen LogP contribution in [0.1, 0.15) is 33.1 Å². The van der Waals surface area contributed by atoms with Gasteiger partial charge in [-0.2, -0.15) is 0 Å². The fraction of sp³-hybridized carbons (Fsp3) is 0.348. The molecule has 0 fully saturated rings. The van der Waals surface area contributed by atoms with E-state index in [0.29, 0.717) is 17.1 Å². The Bertz CT molecular complexity index is 1020. The second kappa shape index (κ2) is 9.54. The molecule has 3 aromatic rings. The number of amides is 1. The average molecular weight is 409 g/mol. The minimum atomic E-state index is -0.244. The molecule has 0 unspecified atom stereocenters. The SMILES string of the molecule is Cc1cc(NC(=O)CN(C)CC(=O)c2cc(C)n(CCc3ccccc3)c2C)no1. The molecule has 7 heteroatoms. The van der Waals surface area contributed by atoms with Gasteiger partial charge in [0.2, 0.25) is 5.91 Å². The van der Waals surface area contributed by atoms with Crippen LogP contribution in [0.25, 0.3) is 0 Å². The highest BCUT2D eigenvalue weighted by Gasteiger charge is 2.18. The van der Waals surface area contributed by atoms with Gasteiger partial charge in [0.05, 0.1) is 13.1 Å². The number of Topliss-reactive ketones (excluding diaryl/α,β-unsaturated/α-hetero) is 1. The molecule has 2 aromatic heterocycles. The minimum absolute atomic E-state index is 0.00152. The molecule has 158 valence electrons. The summed E-state index contributed by atoms with van der Waals surface area (Å²) in [6, 6.07) is 13.9. The second-order valence-corrected chi connectivity index (χ2v) is 7.64. The number of ketones is 1. The molecule has 1 aromatic carbocycles. The Morgan fingerprint density at radius 1 is 1.10 bits per heavy atom. The summed E-state index contributed by atoms with van der Waals surface area (Å²) >= 11 is 0. The molecule has 2 heterocycles. The van der Waals surface area contributed by atoms with Gasteiger partial charge in [0, 0.05) is 29.6 Å². The van der Waals surface area contributed by atoms with Crippen LogP contribution in [0.15, 0.2) is 47.0 Å². The van der Waals surface area contributed by atoms with Crippen molar-refractivity contribution in [3.05, 3.63) is 70.7 Å². The molecule has 0 saturated carbocycles. The standard InChI is InChI=1S/C23H28N4O3/c1-16-12-20(18(3)27(16)11-10-19-8-6-5-7-9-19)21(28)14-26(4)15-23(29)24-22-13-17(2)30-25-22/h5-9,12-13H,10-11,14-15H2,1-4H3,(H,24,25,29). The largest absolute Gasteiger partial charge is 0.360 e. The highest BCUT2D eigenvalue weighted by atomic mass is 16.5. The number of hydrogen-bond acceptors (Lipinski definition) is 5. The third-order valence-electron chi connectivity index (χ3n) is 5.06. The zero-order valence-electron chi connectivity index (χ0n) is 17.9. The van der Waals surface area contributed by atoms with Crippen LogP contribution in [-0.4, -0.2) is 46.5 Å². The monoisotopic (exact) mass is 408 g/mol. The predicted molar refractivity (Wildman–Crippen MR) is 116 cm³/mol. The maximum atomic E-state index is 12.8. The first-order valence-corrected chi connectivity index (χ1v) is 9.99. The molecule has 0 bridgehead atoms. The number of anilines is 1. The van der Waals surface area contributed by atoms with Crippen LogP contribution in [-0.2, 0) is 17.8 Å².